The monoisotopic (exact) mass is 371 g/mol. The Morgan fingerprint density at radius 3 is 2.67 bits per heavy atom. The fraction of sp³-hybridized carbons (Fsp3) is 0.667. The summed E-state index contributed by atoms with van der Waals surface area (Å²) in [6, 6.07) is 3.80. The maximum absolute atomic E-state index is 13.3. The van der Waals surface area contributed by atoms with E-state index >= 15 is 0 Å². The summed E-state index contributed by atoms with van der Waals surface area (Å²) in [6.45, 7) is 4.48. The third kappa shape index (κ3) is 3.42. The largest absolute Gasteiger partial charge is 0.478 e. The van der Waals surface area contributed by atoms with Gasteiger partial charge < -0.3 is 15.4 Å². The summed E-state index contributed by atoms with van der Waals surface area (Å²) in [6.07, 6.45) is 7.61. The van der Waals surface area contributed by atoms with Crippen LogP contribution >= 0.6 is 0 Å². The molecule has 4 saturated carbocycles. The highest BCUT2D eigenvalue weighted by molar-refractivity contribution is 5.84. The molecule has 5 rings (SSSR count). The van der Waals surface area contributed by atoms with E-state index in [-0.39, 0.29) is 22.8 Å². The number of nitrogens with one attached hydrogen (secondary N) is 2. The molecule has 2 atom stereocenters. The van der Waals surface area contributed by atoms with Crippen LogP contribution in [0.5, 0.6) is 5.88 Å². The van der Waals surface area contributed by atoms with E-state index in [4.69, 9.17) is 4.74 Å². The highest BCUT2D eigenvalue weighted by Crippen LogP contribution is 2.61. The molecular weight excluding hydrogens is 342 g/mol. The van der Waals surface area contributed by atoms with Crippen LogP contribution in [0.15, 0.2) is 18.3 Å². The van der Waals surface area contributed by atoms with Gasteiger partial charge in [-0.25, -0.2) is 4.98 Å². The fourth-order valence-electron chi connectivity index (χ4n) is 6.24. The molecule has 4 aliphatic carbocycles. The second kappa shape index (κ2) is 6.80. The summed E-state index contributed by atoms with van der Waals surface area (Å²) in [5.74, 6) is 1.81. The number of carbonyl (C=O) groups is 2. The van der Waals surface area contributed by atoms with Crippen molar-refractivity contribution >= 4 is 11.8 Å². The van der Waals surface area contributed by atoms with E-state index in [2.05, 4.69) is 15.6 Å². The van der Waals surface area contributed by atoms with E-state index in [1.807, 2.05) is 19.1 Å². The highest BCUT2D eigenvalue weighted by atomic mass is 16.5. The van der Waals surface area contributed by atoms with Crippen molar-refractivity contribution in [3.8, 4) is 5.88 Å². The Kier molecular flexibility index (Phi) is 4.60. The van der Waals surface area contributed by atoms with E-state index in [0.717, 1.165) is 37.7 Å². The first kappa shape index (κ1) is 18.3. The molecule has 0 saturated heterocycles. The summed E-state index contributed by atoms with van der Waals surface area (Å²) < 4.78 is 5.57. The van der Waals surface area contributed by atoms with Gasteiger partial charge >= 0.3 is 0 Å². The molecule has 1 aromatic rings. The van der Waals surface area contributed by atoms with Crippen LogP contribution in [0, 0.1) is 17.3 Å². The lowest BCUT2D eigenvalue weighted by Crippen LogP contribution is -2.65. The number of ether oxygens (including phenoxy) is 1. The van der Waals surface area contributed by atoms with Gasteiger partial charge in [0.2, 0.25) is 17.7 Å². The first-order chi connectivity index (χ1) is 12.9. The predicted molar refractivity (Wildman–Crippen MR) is 101 cm³/mol. The molecular formula is C21H29N3O3. The van der Waals surface area contributed by atoms with Crippen LogP contribution in [0.1, 0.15) is 57.9 Å². The van der Waals surface area contributed by atoms with Crippen molar-refractivity contribution in [3.63, 3.8) is 0 Å². The van der Waals surface area contributed by atoms with Gasteiger partial charge in [-0.1, -0.05) is 6.07 Å². The van der Waals surface area contributed by atoms with Gasteiger partial charge in [0.15, 0.2) is 0 Å². The van der Waals surface area contributed by atoms with Crippen LogP contribution in [0.2, 0.25) is 0 Å². The molecule has 1 aromatic heterocycles. The van der Waals surface area contributed by atoms with Crippen molar-refractivity contribution in [3.05, 3.63) is 23.9 Å². The quantitative estimate of drug-likeness (QED) is 0.805. The van der Waals surface area contributed by atoms with E-state index in [1.54, 1.807) is 13.1 Å². The maximum atomic E-state index is 13.3. The van der Waals surface area contributed by atoms with Gasteiger partial charge in [0.05, 0.1) is 12.0 Å². The first-order valence-electron chi connectivity index (χ1n) is 10.1. The minimum absolute atomic E-state index is 0.0178. The molecule has 0 unspecified atom stereocenters. The first-order valence-corrected chi connectivity index (χ1v) is 10.1. The lowest BCUT2D eigenvalue weighted by atomic mass is 9.46. The Labute approximate surface area is 160 Å². The average molecular weight is 371 g/mol. The Bertz CT molecular complexity index is 734. The average Bonchev–Trinajstić information content (AvgIpc) is 2.58. The normalized spacial score (nSPS) is 33.6. The highest BCUT2D eigenvalue weighted by Gasteiger charge is 2.60. The molecule has 2 N–H and O–H groups in total. The van der Waals surface area contributed by atoms with Gasteiger partial charge in [0.1, 0.15) is 0 Å². The molecule has 6 nitrogen and oxygen atoms in total. The molecule has 1 heterocycles. The molecule has 4 bridgehead atoms. The minimum atomic E-state index is -0.347. The third-order valence-corrected chi connectivity index (χ3v) is 6.55. The van der Waals surface area contributed by atoms with E-state index in [0.29, 0.717) is 30.9 Å². The molecule has 6 heteroatoms. The number of nitrogens with zero attached hydrogens (tertiary/aromatic N) is 1. The zero-order valence-electron chi connectivity index (χ0n) is 16.2. The maximum Gasteiger partial charge on any atom is 0.226 e. The van der Waals surface area contributed by atoms with Gasteiger partial charge in [-0.05, 0) is 63.4 Å². The molecule has 4 aliphatic rings. The lowest BCUT2D eigenvalue weighted by molar-refractivity contribution is -0.153. The van der Waals surface area contributed by atoms with Gasteiger partial charge in [-0.15, -0.1) is 0 Å². The van der Waals surface area contributed by atoms with Gasteiger partial charge in [-0.2, -0.15) is 0 Å². The van der Waals surface area contributed by atoms with Crippen molar-refractivity contribution in [2.24, 2.45) is 17.3 Å². The van der Waals surface area contributed by atoms with E-state index in [9.17, 15) is 9.59 Å². The van der Waals surface area contributed by atoms with Crippen molar-refractivity contribution in [2.45, 2.75) is 64.5 Å². The Balaban J connectivity index is 1.49. The molecule has 4 fully saturated rings. The number of pyridine rings is 1. The third-order valence-electron chi connectivity index (χ3n) is 6.55. The Morgan fingerprint density at radius 2 is 2.00 bits per heavy atom. The van der Waals surface area contributed by atoms with Crippen molar-refractivity contribution in [1.82, 2.24) is 15.6 Å². The Morgan fingerprint density at radius 1 is 1.26 bits per heavy atom. The zero-order valence-corrected chi connectivity index (χ0v) is 16.2. The topological polar surface area (TPSA) is 80.3 Å². The summed E-state index contributed by atoms with van der Waals surface area (Å²) in [5, 5.41) is 6.37. The number of rotatable bonds is 6. The van der Waals surface area contributed by atoms with Gasteiger partial charge in [-0.3, -0.25) is 9.59 Å². The lowest BCUT2D eigenvalue weighted by Gasteiger charge is -2.61. The van der Waals surface area contributed by atoms with Crippen LogP contribution in [0.25, 0.3) is 0 Å². The smallest absolute Gasteiger partial charge is 0.226 e. The number of amides is 2. The molecule has 27 heavy (non-hydrogen) atoms. The number of aromatic nitrogens is 1. The van der Waals surface area contributed by atoms with Gasteiger partial charge in [0, 0.05) is 30.8 Å². The predicted octanol–water partition coefficient (Wildman–Crippen LogP) is 2.57. The SMILES string of the molecule is CCOc1ncccc1CNC(=O)C12C[C@H]3C[C@@H](CC(NC(C)=O)(C3)C1)C2. The van der Waals surface area contributed by atoms with Crippen molar-refractivity contribution < 1.29 is 14.3 Å². The summed E-state index contributed by atoms with van der Waals surface area (Å²) in [4.78, 5) is 29.3. The summed E-state index contributed by atoms with van der Waals surface area (Å²) in [5.41, 5.74) is 0.368. The van der Waals surface area contributed by atoms with Crippen LogP contribution in [0.3, 0.4) is 0 Å². The molecule has 146 valence electrons. The van der Waals surface area contributed by atoms with Gasteiger partial charge in [0.25, 0.3) is 0 Å². The summed E-state index contributed by atoms with van der Waals surface area (Å²) >= 11 is 0. The molecule has 0 aromatic carbocycles. The van der Waals surface area contributed by atoms with E-state index in [1.165, 1.54) is 6.42 Å². The molecule has 0 aliphatic heterocycles. The van der Waals surface area contributed by atoms with Crippen LogP contribution in [-0.2, 0) is 16.1 Å². The molecule has 0 spiro atoms. The fourth-order valence-corrected chi connectivity index (χ4v) is 6.24. The van der Waals surface area contributed by atoms with Crippen molar-refractivity contribution in [1.29, 1.82) is 0 Å². The van der Waals surface area contributed by atoms with E-state index < -0.39 is 0 Å². The second-order valence-electron chi connectivity index (χ2n) is 8.79. The molecule has 0 radical (unpaired) electrons. The number of hydrogen-bond donors (Lipinski definition) is 2. The number of carbonyl (C=O) groups excluding carboxylic acids is 2. The van der Waals surface area contributed by atoms with Crippen LogP contribution in [-0.4, -0.2) is 28.9 Å². The van der Waals surface area contributed by atoms with Crippen LogP contribution in [0.4, 0.5) is 0 Å². The number of hydrogen-bond acceptors (Lipinski definition) is 4. The van der Waals surface area contributed by atoms with Crippen LogP contribution < -0.4 is 15.4 Å². The van der Waals surface area contributed by atoms with Crippen molar-refractivity contribution in [2.75, 3.05) is 6.61 Å². The minimum Gasteiger partial charge on any atom is -0.478 e. The standard InChI is InChI=1S/C21H29N3O3/c1-3-27-18-17(5-4-6-22-18)12-23-19(26)20-8-15-7-16(9-20)11-21(10-15,13-20)24-14(2)25/h4-6,15-16H,3,7-13H2,1-2H3,(H,23,26)(H,24,25)/t15-,16-,20?,21?/m1/s1. The summed E-state index contributed by atoms with van der Waals surface area (Å²) in [7, 11) is 0. The zero-order chi connectivity index (χ0) is 19.1. The molecule has 2 amide bonds. The second-order valence-corrected chi connectivity index (χ2v) is 8.79. The Hall–Kier alpha value is -2.11.